The summed E-state index contributed by atoms with van der Waals surface area (Å²) in [4.78, 5) is 18.7. The van der Waals surface area contributed by atoms with Gasteiger partial charge in [-0.2, -0.15) is 0 Å². The van der Waals surface area contributed by atoms with Gasteiger partial charge in [-0.05, 0) is 18.9 Å². The Morgan fingerprint density at radius 2 is 1.94 bits per heavy atom. The van der Waals surface area contributed by atoms with E-state index in [-0.39, 0.29) is 11.8 Å². The Morgan fingerprint density at radius 1 is 1.33 bits per heavy atom. The zero-order valence-electron chi connectivity index (χ0n) is 11.1. The quantitative estimate of drug-likeness (QED) is 0.826. The SMILES string of the molecule is CC(C)[C@@]1(C)N=C(c2ccccc2Br)N(C)C1=O. The van der Waals surface area contributed by atoms with Crippen LogP contribution in [0, 0.1) is 5.92 Å². The summed E-state index contributed by atoms with van der Waals surface area (Å²) in [5.41, 5.74) is 0.303. The minimum atomic E-state index is -0.653. The molecule has 96 valence electrons. The largest absolute Gasteiger partial charge is 0.298 e. The van der Waals surface area contributed by atoms with Crippen molar-refractivity contribution in [3.63, 3.8) is 0 Å². The first kappa shape index (κ1) is 13.3. The molecule has 0 unspecified atom stereocenters. The van der Waals surface area contributed by atoms with Crippen molar-refractivity contribution in [1.82, 2.24) is 4.90 Å². The lowest BCUT2D eigenvalue weighted by molar-refractivity contribution is -0.131. The van der Waals surface area contributed by atoms with Crippen LogP contribution in [0.15, 0.2) is 33.7 Å². The van der Waals surface area contributed by atoms with Crippen LogP contribution in [0.5, 0.6) is 0 Å². The van der Waals surface area contributed by atoms with E-state index in [4.69, 9.17) is 0 Å². The van der Waals surface area contributed by atoms with Crippen LogP contribution in [-0.2, 0) is 4.79 Å². The first-order chi connectivity index (χ1) is 8.38. The summed E-state index contributed by atoms with van der Waals surface area (Å²) >= 11 is 3.51. The number of carbonyl (C=O) groups is 1. The Balaban J connectivity index is 2.53. The monoisotopic (exact) mass is 308 g/mol. The molecule has 18 heavy (non-hydrogen) atoms. The van der Waals surface area contributed by atoms with Crippen molar-refractivity contribution < 1.29 is 4.79 Å². The van der Waals surface area contributed by atoms with Crippen molar-refractivity contribution in [3.8, 4) is 0 Å². The Hall–Kier alpha value is -1.16. The van der Waals surface area contributed by atoms with Crippen LogP contribution in [0.1, 0.15) is 26.3 Å². The first-order valence-corrected chi connectivity index (χ1v) is 6.80. The molecule has 1 amide bonds. The number of amidine groups is 1. The lowest BCUT2D eigenvalue weighted by Gasteiger charge is -2.23. The van der Waals surface area contributed by atoms with E-state index in [2.05, 4.69) is 20.9 Å². The third kappa shape index (κ3) is 1.88. The van der Waals surface area contributed by atoms with E-state index in [0.29, 0.717) is 0 Å². The summed E-state index contributed by atoms with van der Waals surface area (Å²) in [6, 6.07) is 7.83. The number of amides is 1. The zero-order valence-corrected chi connectivity index (χ0v) is 12.7. The summed E-state index contributed by atoms with van der Waals surface area (Å²) in [7, 11) is 1.79. The van der Waals surface area contributed by atoms with E-state index in [0.717, 1.165) is 15.9 Å². The van der Waals surface area contributed by atoms with E-state index in [9.17, 15) is 4.79 Å². The van der Waals surface area contributed by atoms with Gasteiger partial charge in [0.05, 0.1) is 0 Å². The predicted molar refractivity (Wildman–Crippen MR) is 76.7 cm³/mol. The molecule has 0 aromatic heterocycles. The van der Waals surface area contributed by atoms with Crippen LogP contribution in [-0.4, -0.2) is 29.2 Å². The second-order valence-electron chi connectivity index (χ2n) is 5.08. The Bertz CT molecular complexity index is 524. The maximum atomic E-state index is 12.4. The molecule has 0 N–H and O–H groups in total. The van der Waals surface area contributed by atoms with Crippen LogP contribution in [0.3, 0.4) is 0 Å². The third-order valence-corrected chi connectivity index (χ3v) is 4.32. The molecule has 0 bridgehead atoms. The van der Waals surface area contributed by atoms with Crippen LogP contribution < -0.4 is 0 Å². The molecule has 0 saturated heterocycles. The molecule has 0 aliphatic carbocycles. The molecule has 1 aromatic rings. The summed E-state index contributed by atoms with van der Waals surface area (Å²) in [6.45, 7) is 5.96. The number of likely N-dealkylation sites (N-methyl/N-ethyl adjacent to an activating group) is 1. The molecule has 4 heteroatoms. The van der Waals surface area contributed by atoms with Crippen LogP contribution in [0.2, 0.25) is 0 Å². The fraction of sp³-hybridized carbons (Fsp3) is 0.429. The normalized spacial score (nSPS) is 23.8. The van der Waals surface area contributed by atoms with Gasteiger partial charge in [-0.1, -0.05) is 48.0 Å². The number of hydrogen-bond acceptors (Lipinski definition) is 2. The van der Waals surface area contributed by atoms with Crippen LogP contribution >= 0.6 is 15.9 Å². The zero-order chi connectivity index (χ0) is 13.5. The number of aliphatic imine (C=N–C) groups is 1. The molecule has 0 radical (unpaired) electrons. The third-order valence-electron chi connectivity index (χ3n) is 3.63. The van der Waals surface area contributed by atoms with Crippen molar-refractivity contribution in [2.45, 2.75) is 26.3 Å². The van der Waals surface area contributed by atoms with Crippen molar-refractivity contribution in [3.05, 3.63) is 34.3 Å². The summed E-state index contributed by atoms with van der Waals surface area (Å²) < 4.78 is 0.955. The number of halogens is 1. The maximum absolute atomic E-state index is 12.4. The topological polar surface area (TPSA) is 32.7 Å². The molecule has 2 rings (SSSR count). The lowest BCUT2D eigenvalue weighted by Crippen LogP contribution is -2.42. The van der Waals surface area contributed by atoms with E-state index in [1.807, 2.05) is 45.0 Å². The average Bonchev–Trinajstić information content (AvgIpc) is 2.56. The Labute approximate surface area is 116 Å². The summed E-state index contributed by atoms with van der Waals surface area (Å²) in [5, 5.41) is 0. The highest BCUT2D eigenvalue weighted by Gasteiger charge is 2.45. The molecule has 1 heterocycles. The van der Waals surface area contributed by atoms with Crippen molar-refractivity contribution >= 4 is 27.7 Å². The highest BCUT2D eigenvalue weighted by Crippen LogP contribution is 2.32. The second kappa shape index (κ2) is 4.50. The number of rotatable bonds is 2. The molecule has 1 atom stereocenters. The molecule has 0 fully saturated rings. The molecule has 0 spiro atoms. The Morgan fingerprint density at radius 3 is 2.44 bits per heavy atom. The van der Waals surface area contributed by atoms with Gasteiger partial charge in [0.15, 0.2) is 0 Å². The lowest BCUT2D eigenvalue weighted by atomic mass is 9.89. The van der Waals surface area contributed by atoms with Crippen molar-refractivity contribution in [2.75, 3.05) is 7.05 Å². The smallest absolute Gasteiger partial charge is 0.255 e. The van der Waals surface area contributed by atoms with Crippen molar-refractivity contribution in [1.29, 1.82) is 0 Å². The highest BCUT2D eigenvalue weighted by molar-refractivity contribution is 9.10. The minimum Gasteiger partial charge on any atom is -0.298 e. The van der Waals surface area contributed by atoms with Gasteiger partial charge in [-0.3, -0.25) is 14.7 Å². The first-order valence-electron chi connectivity index (χ1n) is 6.01. The van der Waals surface area contributed by atoms with Gasteiger partial charge in [0.1, 0.15) is 11.4 Å². The van der Waals surface area contributed by atoms with Gasteiger partial charge in [0.25, 0.3) is 5.91 Å². The van der Waals surface area contributed by atoms with Gasteiger partial charge < -0.3 is 0 Å². The van der Waals surface area contributed by atoms with Gasteiger partial charge in [-0.25, -0.2) is 0 Å². The van der Waals surface area contributed by atoms with Crippen molar-refractivity contribution in [2.24, 2.45) is 10.9 Å². The molecule has 1 aromatic carbocycles. The molecule has 0 saturated carbocycles. The predicted octanol–water partition coefficient (Wildman–Crippen LogP) is 3.08. The van der Waals surface area contributed by atoms with Gasteiger partial charge in [-0.15, -0.1) is 0 Å². The fourth-order valence-electron chi connectivity index (χ4n) is 2.04. The minimum absolute atomic E-state index is 0.0586. The van der Waals surface area contributed by atoms with Gasteiger partial charge in [0, 0.05) is 17.1 Å². The Kier molecular flexibility index (Phi) is 3.32. The van der Waals surface area contributed by atoms with Crippen LogP contribution in [0.25, 0.3) is 0 Å². The standard InChI is InChI=1S/C14H17BrN2O/c1-9(2)14(3)13(18)17(4)12(16-14)10-7-5-6-8-11(10)15/h5-9H,1-4H3/t14-/m1/s1. The fourth-order valence-corrected chi connectivity index (χ4v) is 2.50. The molecular weight excluding hydrogens is 292 g/mol. The summed E-state index contributed by atoms with van der Waals surface area (Å²) in [5.74, 6) is 0.972. The van der Waals surface area contributed by atoms with E-state index >= 15 is 0 Å². The summed E-state index contributed by atoms with van der Waals surface area (Å²) in [6.07, 6.45) is 0. The van der Waals surface area contributed by atoms with Gasteiger partial charge in [0.2, 0.25) is 0 Å². The number of nitrogens with zero attached hydrogens (tertiary/aromatic N) is 2. The molecular formula is C14H17BrN2O. The number of carbonyl (C=O) groups excluding carboxylic acids is 1. The highest BCUT2D eigenvalue weighted by atomic mass is 79.9. The number of hydrogen-bond donors (Lipinski definition) is 0. The van der Waals surface area contributed by atoms with E-state index in [1.54, 1.807) is 11.9 Å². The van der Waals surface area contributed by atoms with Gasteiger partial charge >= 0.3 is 0 Å². The second-order valence-corrected chi connectivity index (χ2v) is 5.94. The molecule has 3 nitrogen and oxygen atoms in total. The average molecular weight is 309 g/mol. The number of benzene rings is 1. The van der Waals surface area contributed by atoms with E-state index < -0.39 is 5.54 Å². The van der Waals surface area contributed by atoms with E-state index in [1.165, 1.54) is 0 Å². The molecule has 1 aliphatic rings. The molecule has 1 aliphatic heterocycles. The van der Waals surface area contributed by atoms with Crippen LogP contribution in [0.4, 0.5) is 0 Å². The maximum Gasteiger partial charge on any atom is 0.255 e.